The Morgan fingerprint density at radius 1 is 1.32 bits per heavy atom. The Balaban J connectivity index is 2.32. The van der Waals surface area contributed by atoms with E-state index in [1.165, 1.54) is 40.6 Å². The summed E-state index contributed by atoms with van der Waals surface area (Å²) in [7, 11) is 0. The summed E-state index contributed by atoms with van der Waals surface area (Å²) in [6.07, 6.45) is 2.48. The number of hydrogen-bond donors (Lipinski definition) is 1. The third-order valence-electron chi connectivity index (χ3n) is 4.73. The van der Waals surface area contributed by atoms with Gasteiger partial charge in [0, 0.05) is 23.5 Å². The number of aryl methyl sites for hydroxylation is 2. The zero-order valence-electron chi connectivity index (χ0n) is 12.2. The molecule has 1 atom stereocenters. The van der Waals surface area contributed by atoms with E-state index in [0.717, 1.165) is 13.1 Å². The molecule has 0 saturated carbocycles. The van der Waals surface area contributed by atoms with Crippen molar-refractivity contribution in [2.45, 2.75) is 46.1 Å². The molecule has 2 heterocycles. The van der Waals surface area contributed by atoms with Crippen LogP contribution in [-0.2, 0) is 13.0 Å². The first-order valence-corrected chi connectivity index (χ1v) is 7.45. The lowest BCUT2D eigenvalue weighted by Gasteiger charge is -2.20. The molecular weight excluding hydrogens is 232 g/mol. The van der Waals surface area contributed by atoms with Gasteiger partial charge in [-0.2, -0.15) is 0 Å². The topological polar surface area (TPSA) is 30.9 Å². The molecule has 0 aliphatic carbocycles. The molecule has 1 aliphatic heterocycles. The molecule has 3 rings (SSSR count). The Morgan fingerprint density at radius 2 is 2.11 bits per heavy atom. The van der Waals surface area contributed by atoms with E-state index >= 15 is 0 Å². The van der Waals surface area contributed by atoms with Crippen LogP contribution in [0.1, 0.15) is 43.0 Å². The van der Waals surface area contributed by atoms with Crippen molar-refractivity contribution in [3.8, 4) is 0 Å². The molecule has 2 nitrogen and oxygen atoms in total. The Morgan fingerprint density at radius 3 is 2.79 bits per heavy atom. The fraction of sp³-hybridized carbons (Fsp3) is 0.529. The third kappa shape index (κ3) is 1.81. The first kappa shape index (κ1) is 12.7. The van der Waals surface area contributed by atoms with Gasteiger partial charge in [0.15, 0.2) is 0 Å². The number of nitrogens with two attached hydrogens (primary N) is 1. The molecule has 1 aromatic carbocycles. The zero-order chi connectivity index (χ0) is 13.6. The molecule has 2 aromatic rings. The summed E-state index contributed by atoms with van der Waals surface area (Å²) >= 11 is 0. The van der Waals surface area contributed by atoms with Gasteiger partial charge in [0.25, 0.3) is 0 Å². The predicted octanol–water partition coefficient (Wildman–Crippen LogP) is 3.59. The number of benzene rings is 1. The van der Waals surface area contributed by atoms with Crippen LogP contribution in [0, 0.1) is 12.8 Å². The molecule has 0 radical (unpaired) electrons. The van der Waals surface area contributed by atoms with E-state index in [2.05, 4.69) is 43.5 Å². The van der Waals surface area contributed by atoms with Gasteiger partial charge in [0.2, 0.25) is 0 Å². The van der Waals surface area contributed by atoms with E-state index in [4.69, 9.17) is 5.73 Å². The van der Waals surface area contributed by atoms with Crippen molar-refractivity contribution in [3.63, 3.8) is 0 Å². The van der Waals surface area contributed by atoms with E-state index in [0.29, 0.717) is 11.8 Å². The van der Waals surface area contributed by atoms with Crippen LogP contribution in [-0.4, -0.2) is 11.1 Å². The monoisotopic (exact) mass is 256 g/mol. The maximum Gasteiger partial charge on any atom is 0.0517 e. The normalized spacial score (nSPS) is 16.3. The number of hydrogen-bond acceptors (Lipinski definition) is 1. The standard InChI is InChI=1S/C17H24N2/c1-11(2)15(10-18)16-12(3)19-9-5-7-13-6-4-8-14(16)17(13)19/h4,6,8,11,15H,5,7,9-10,18H2,1-3H3. The molecule has 0 fully saturated rings. The minimum absolute atomic E-state index is 0.470. The predicted molar refractivity (Wildman–Crippen MR) is 81.6 cm³/mol. The average molecular weight is 256 g/mol. The molecule has 2 heteroatoms. The van der Waals surface area contributed by atoms with Crippen molar-refractivity contribution in [3.05, 3.63) is 35.0 Å². The largest absolute Gasteiger partial charge is 0.344 e. The Bertz CT molecular complexity index is 607. The van der Waals surface area contributed by atoms with Crippen molar-refractivity contribution in [2.24, 2.45) is 11.7 Å². The lowest BCUT2D eigenvalue weighted by molar-refractivity contribution is 0.503. The Labute approximate surface area is 115 Å². The summed E-state index contributed by atoms with van der Waals surface area (Å²) in [4.78, 5) is 0. The van der Waals surface area contributed by atoms with Gasteiger partial charge in [-0.1, -0.05) is 32.0 Å². The number of aromatic nitrogens is 1. The molecule has 19 heavy (non-hydrogen) atoms. The highest BCUT2D eigenvalue weighted by Gasteiger charge is 2.25. The van der Waals surface area contributed by atoms with Crippen molar-refractivity contribution in [1.82, 2.24) is 4.57 Å². The van der Waals surface area contributed by atoms with Crippen LogP contribution in [0.4, 0.5) is 0 Å². The van der Waals surface area contributed by atoms with Gasteiger partial charge in [-0.05, 0) is 43.4 Å². The summed E-state index contributed by atoms with van der Waals surface area (Å²) in [5.41, 5.74) is 12.0. The summed E-state index contributed by atoms with van der Waals surface area (Å²) in [6.45, 7) is 8.74. The van der Waals surface area contributed by atoms with Gasteiger partial charge >= 0.3 is 0 Å². The van der Waals surface area contributed by atoms with Crippen LogP contribution in [0.2, 0.25) is 0 Å². The lowest BCUT2D eigenvalue weighted by Crippen LogP contribution is -2.18. The summed E-state index contributed by atoms with van der Waals surface area (Å²) < 4.78 is 2.52. The van der Waals surface area contributed by atoms with Crippen LogP contribution >= 0.6 is 0 Å². The highest BCUT2D eigenvalue weighted by atomic mass is 15.0. The van der Waals surface area contributed by atoms with E-state index in [-0.39, 0.29) is 0 Å². The van der Waals surface area contributed by atoms with Gasteiger partial charge in [0.1, 0.15) is 0 Å². The summed E-state index contributed by atoms with van der Waals surface area (Å²) in [5, 5.41) is 1.44. The van der Waals surface area contributed by atoms with E-state index in [1.807, 2.05) is 0 Å². The molecular formula is C17H24N2. The minimum Gasteiger partial charge on any atom is -0.344 e. The van der Waals surface area contributed by atoms with Crippen LogP contribution in [0.3, 0.4) is 0 Å². The fourth-order valence-electron chi connectivity index (χ4n) is 3.74. The first-order chi connectivity index (χ1) is 9.15. The average Bonchev–Trinajstić information content (AvgIpc) is 2.68. The van der Waals surface area contributed by atoms with E-state index in [9.17, 15) is 0 Å². The second-order valence-electron chi connectivity index (χ2n) is 6.15. The molecule has 1 aliphatic rings. The second-order valence-corrected chi connectivity index (χ2v) is 6.15. The quantitative estimate of drug-likeness (QED) is 0.894. The molecule has 102 valence electrons. The van der Waals surface area contributed by atoms with Gasteiger partial charge < -0.3 is 10.3 Å². The number of nitrogens with zero attached hydrogens (tertiary/aromatic N) is 1. The fourth-order valence-corrected chi connectivity index (χ4v) is 3.74. The maximum atomic E-state index is 6.06. The molecule has 2 N–H and O–H groups in total. The van der Waals surface area contributed by atoms with Crippen molar-refractivity contribution in [2.75, 3.05) is 6.54 Å². The summed E-state index contributed by atoms with van der Waals surface area (Å²) in [6, 6.07) is 6.78. The van der Waals surface area contributed by atoms with E-state index < -0.39 is 0 Å². The zero-order valence-corrected chi connectivity index (χ0v) is 12.2. The molecule has 0 amide bonds. The third-order valence-corrected chi connectivity index (χ3v) is 4.73. The minimum atomic E-state index is 0.470. The molecule has 0 spiro atoms. The SMILES string of the molecule is Cc1c(C(CN)C(C)C)c2cccc3c2n1CCC3. The van der Waals surface area contributed by atoms with Crippen LogP contribution in [0.5, 0.6) is 0 Å². The van der Waals surface area contributed by atoms with Gasteiger partial charge in [-0.3, -0.25) is 0 Å². The molecule has 0 bridgehead atoms. The second kappa shape index (κ2) is 4.68. The van der Waals surface area contributed by atoms with Crippen LogP contribution < -0.4 is 5.73 Å². The lowest BCUT2D eigenvalue weighted by atomic mass is 9.86. The van der Waals surface area contributed by atoms with Crippen molar-refractivity contribution >= 4 is 10.9 Å². The Hall–Kier alpha value is -1.28. The van der Waals surface area contributed by atoms with Crippen molar-refractivity contribution in [1.29, 1.82) is 0 Å². The highest BCUT2D eigenvalue weighted by molar-refractivity contribution is 5.89. The van der Waals surface area contributed by atoms with Gasteiger partial charge in [0.05, 0.1) is 5.52 Å². The first-order valence-electron chi connectivity index (χ1n) is 7.45. The number of para-hydroxylation sites is 1. The molecule has 0 saturated heterocycles. The molecule has 1 unspecified atom stereocenters. The molecule has 1 aromatic heterocycles. The Kier molecular flexibility index (Phi) is 3.14. The van der Waals surface area contributed by atoms with E-state index in [1.54, 1.807) is 0 Å². The van der Waals surface area contributed by atoms with Crippen LogP contribution in [0.15, 0.2) is 18.2 Å². The number of rotatable bonds is 3. The maximum absolute atomic E-state index is 6.06. The summed E-state index contributed by atoms with van der Waals surface area (Å²) in [5.74, 6) is 1.06. The van der Waals surface area contributed by atoms with Gasteiger partial charge in [-0.25, -0.2) is 0 Å². The van der Waals surface area contributed by atoms with Gasteiger partial charge in [-0.15, -0.1) is 0 Å². The smallest absolute Gasteiger partial charge is 0.0517 e. The highest BCUT2D eigenvalue weighted by Crippen LogP contribution is 2.38. The van der Waals surface area contributed by atoms with Crippen molar-refractivity contribution < 1.29 is 0 Å². The van der Waals surface area contributed by atoms with Crippen LogP contribution in [0.25, 0.3) is 10.9 Å².